The molecule has 1 amide bonds. The predicted octanol–water partition coefficient (Wildman–Crippen LogP) is -0.0288. The molecule has 0 heterocycles. The van der Waals surface area contributed by atoms with Crippen LogP contribution in [0, 0.1) is 5.92 Å². The Morgan fingerprint density at radius 2 is 2.12 bits per heavy atom. The molecule has 1 rings (SSSR count). The van der Waals surface area contributed by atoms with E-state index in [2.05, 4.69) is 0 Å². The molecule has 2 atom stereocenters. The first-order valence-corrected chi connectivity index (χ1v) is 6.36. The van der Waals surface area contributed by atoms with Crippen LogP contribution in [0.1, 0.15) is 25.7 Å². The van der Waals surface area contributed by atoms with E-state index in [0.717, 1.165) is 25.7 Å². The van der Waals surface area contributed by atoms with Gasteiger partial charge in [0.1, 0.15) is 0 Å². The van der Waals surface area contributed by atoms with Crippen LogP contribution < -0.4 is 5.73 Å². The molecule has 100 valence electrons. The zero-order chi connectivity index (χ0) is 12.7. The second-order valence-electron chi connectivity index (χ2n) is 4.65. The van der Waals surface area contributed by atoms with Crippen LogP contribution in [0.15, 0.2) is 0 Å². The van der Waals surface area contributed by atoms with Gasteiger partial charge in [-0.25, -0.2) is 0 Å². The van der Waals surface area contributed by atoms with Crippen molar-refractivity contribution < 1.29 is 14.6 Å². The maximum Gasteiger partial charge on any atom is 0.227 e. The predicted molar refractivity (Wildman–Crippen MR) is 65.5 cm³/mol. The van der Waals surface area contributed by atoms with E-state index < -0.39 is 0 Å². The van der Waals surface area contributed by atoms with Crippen LogP contribution in [0.5, 0.6) is 0 Å². The highest BCUT2D eigenvalue weighted by molar-refractivity contribution is 5.79. The SMILES string of the molecule is CN(CCOCCO)C(=O)C1CCCCC1N. The number of carbonyl (C=O) groups is 1. The van der Waals surface area contributed by atoms with Crippen LogP contribution in [0.2, 0.25) is 0 Å². The summed E-state index contributed by atoms with van der Waals surface area (Å²) in [5.41, 5.74) is 5.98. The minimum Gasteiger partial charge on any atom is -0.394 e. The summed E-state index contributed by atoms with van der Waals surface area (Å²) in [6.45, 7) is 1.36. The number of aliphatic hydroxyl groups is 1. The molecule has 0 aromatic carbocycles. The number of carbonyl (C=O) groups excluding carboxylic acids is 1. The number of ether oxygens (including phenoxy) is 1. The minimum absolute atomic E-state index is 0.0112. The van der Waals surface area contributed by atoms with Crippen molar-refractivity contribution in [2.45, 2.75) is 31.7 Å². The lowest BCUT2D eigenvalue weighted by atomic mass is 9.84. The molecular formula is C12H24N2O3. The molecule has 1 saturated carbocycles. The van der Waals surface area contributed by atoms with Gasteiger partial charge in [0.05, 0.1) is 25.7 Å². The minimum atomic E-state index is -0.0217. The Morgan fingerprint density at radius 3 is 2.76 bits per heavy atom. The number of hydrogen-bond donors (Lipinski definition) is 2. The van der Waals surface area contributed by atoms with Crippen molar-refractivity contribution in [3.05, 3.63) is 0 Å². The molecule has 1 aliphatic rings. The molecule has 3 N–H and O–H groups in total. The van der Waals surface area contributed by atoms with E-state index in [1.54, 1.807) is 11.9 Å². The molecule has 0 aliphatic heterocycles. The van der Waals surface area contributed by atoms with Gasteiger partial charge in [0.15, 0.2) is 0 Å². The summed E-state index contributed by atoms with van der Waals surface area (Å²) in [5, 5.41) is 8.56. The van der Waals surface area contributed by atoms with Crippen molar-refractivity contribution in [2.24, 2.45) is 11.7 Å². The second-order valence-corrected chi connectivity index (χ2v) is 4.65. The van der Waals surface area contributed by atoms with Gasteiger partial charge in [-0.1, -0.05) is 12.8 Å². The van der Waals surface area contributed by atoms with Crippen LogP contribution >= 0.6 is 0 Å². The van der Waals surface area contributed by atoms with Gasteiger partial charge in [0.25, 0.3) is 0 Å². The largest absolute Gasteiger partial charge is 0.394 e. The van der Waals surface area contributed by atoms with E-state index >= 15 is 0 Å². The molecule has 5 heteroatoms. The first kappa shape index (κ1) is 14.4. The van der Waals surface area contributed by atoms with Crippen molar-refractivity contribution in [1.82, 2.24) is 4.90 Å². The van der Waals surface area contributed by atoms with Gasteiger partial charge < -0.3 is 20.5 Å². The van der Waals surface area contributed by atoms with Gasteiger partial charge in [-0.15, -0.1) is 0 Å². The standard InChI is InChI=1S/C12H24N2O3/c1-14(6-8-17-9-7-15)12(16)10-4-2-3-5-11(10)13/h10-11,15H,2-9,13H2,1H3. The normalized spacial score (nSPS) is 24.6. The van der Waals surface area contributed by atoms with Gasteiger partial charge >= 0.3 is 0 Å². The number of likely N-dealkylation sites (N-methyl/N-ethyl adjacent to an activating group) is 1. The molecule has 5 nitrogen and oxygen atoms in total. The van der Waals surface area contributed by atoms with Crippen molar-refractivity contribution in [3.8, 4) is 0 Å². The molecule has 2 unspecified atom stereocenters. The lowest BCUT2D eigenvalue weighted by molar-refractivity contribution is -0.136. The van der Waals surface area contributed by atoms with Crippen LogP contribution in [0.4, 0.5) is 0 Å². The van der Waals surface area contributed by atoms with Crippen LogP contribution in [-0.4, -0.2) is 55.4 Å². The Bertz CT molecular complexity index is 236. The van der Waals surface area contributed by atoms with Gasteiger partial charge in [-0.2, -0.15) is 0 Å². The van der Waals surface area contributed by atoms with Crippen molar-refractivity contribution in [3.63, 3.8) is 0 Å². The number of aliphatic hydroxyl groups excluding tert-OH is 1. The molecule has 0 bridgehead atoms. The summed E-state index contributed by atoms with van der Waals surface area (Å²) in [7, 11) is 1.78. The third-order valence-corrected chi connectivity index (χ3v) is 3.32. The average Bonchev–Trinajstić information content (AvgIpc) is 2.34. The Kier molecular flexibility index (Phi) is 6.47. The number of hydrogen-bond acceptors (Lipinski definition) is 4. The summed E-state index contributed by atoms with van der Waals surface area (Å²) < 4.78 is 5.14. The molecule has 0 radical (unpaired) electrons. The average molecular weight is 244 g/mol. The highest BCUT2D eigenvalue weighted by atomic mass is 16.5. The van der Waals surface area contributed by atoms with Crippen LogP contribution in [0.25, 0.3) is 0 Å². The molecular weight excluding hydrogens is 220 g/mol. The first-order chi connectivity index (χ1) is 8.16. The zero-order valence-corrected chi connectivity index (χ0v) is 10.6. The Labute approximate surface area is 103 Å². The molecule has 1 aliphatic carbocycles. The van der Waals surface area contributed by atoms with E-state index in [1.807, 2.05) is 0 Å². The number of rotatable bonds is 6. The molecule has 0 aromatic rings. The summed E-state index contributed by atoms with van der Waals surface area (Å²) in [5.74, 6) is 0.108. The summed E-state index contributed by atoms with van der Waals surface area (Å²) in [4.78, 5) is 13.8. The van der Waals surface area contributed by atoms with Crippen LogP contribution in [-0.2, 0) is 9.53 Å². The Morgan fingerprint density at radius 1 is 1.41 bits per heavy atom. The number of nitrogens with zero attached hydrogens (tertiary/aromatic N) is 1. The molecule has 1 fully saturated rings. The summed E-state index contributed by atoms with van der Waals surface area (Å²) in [6.07, 6.45) is 4.08. The Balaban J connectivity index is 2.29. The lowest BCUT2D eigenvalue weighted by Gasteiger charge is -2.31. The fourth-order valence-electron chi connectivity index (χ4n) is 2.23. The maximum atomic E-state index is 12.1. The van der Waals surface area contributed by atoms with Gasteiger partial charge in [-0.05, 0) is 12.8 Å². The van der Waals surface area contributed by atoms with E-state index in [0.29, 0.717) is 19.8 Å². The third kappa shape index (κ3) is 4.61. The van der Waals surface area contributed by atoms with E-state index in [4.69, 9.17) is 15.6 Å². The fraction of sp³-hybridized carbons (Fsp3) is 0.917. The maximum absolute atomic E-state index is 12.1. The lowest BCUT2D eigenvalue weighted by Crippen LogP contribution is -2.45. The van der Waals surface area contributed by atoms with E-state index in [9.17, 15) is 4.79 Å². The number of nitrogens with two attached hydrogens (primary N) is 1. The van der Waals surface area contributed by atoms with Gasteiger partial charge in [-0.3, -0.25) is 4.79 Å². The highest BCUT2D eigenvalue weighted by Crippen LogP contribution is 2.24. The fourth-order valence-corrected chi connectivity index (χ4v) is 2.23. The second kappa shape index (κ2) is 7.63. The smallest absolute Gasteiger partial charge is 0.227 e. The quantitative estimate of drug-likeness (QED) is 0.643. The zero-order valence-electron chi connectivity index (χ0n) is 10.6. The van der Waals surface area contributed by atoms with Crippen molar-refractivity contribution in [1.29, 1.82) is 0 Å². The summed E-state index contributed by atoms with van der Waals surface area (Å²) >= 11 is 0. The Hall–Kier alpha value is -0.650. The van der Waals surface area contributed by atoms with E-state index in [-0.39, 0.29) is 24.5 Å². The number of amides is 1. The highest BCUT2D eigenvalue weighted by Gasteiger charge is 2.30. The van der Waals surface area contributed by atoms with E-state index in [1.165, 1.54) is 0 Å². The van der Waals surface area contributed by atoms with Gasteiger partial charge in [0, 0.05) is 19.6 Å². The van der Waals surface area contributed by atoms with Crippen LogP contribution in [0.3, 0.4) is 0 Å². The monoisotopic (exact) mass is 244 g/mol. The third-order valence-electron chi connectivity index (χ3n) is 3.32. The molecule has 17 heavy (non-hydrogen) atoms. The molecule has 0 aromatic heterocycles. The summed E-state index contributed by atoms with van der Waals surface area (Å²) in [6, 6.07) is 0.0112. The first-order valence-electron chi connectivity index (χ1n) is 6.36. The molecule has 0 spiro atoms. The van der Waals surface area contributed by atoms with Crippen molar-refractivity contribution >= 4 is 5.91 Å². The van der Waals surface area contributed by atoms with Crippen molar-refractivity contribution in [2.75, 3.05) is 33.4 Å². The topological polar surface area (TPSA) is 75.8 Å². The van der Waals surface area contributed by atoms with Gasteiger partial charge in [0.2, 0.25) is 5.91 Å². The molecule has 0 saturated heterocycles.